The van der Waals surface area contributed by atoms with Crippen LogP contribution in [-0.4, -0.2) is 0 Å². The maximum absolute atomic E-state index is 2.36. The fraction of sp³-hybridized carbons (Fsp3) is 0.333. The van der Waals surface area contributed by atoms with Crippen LogP contribution < -0.4 is 0 Å². The number of hydrogen-bond donors (Lipinski definition) is 0. The molecule has 13 heavy (non-hydrogen) atoms. The van der Waals surface area contributed by atoms with Gasteiger partial charge in [-0.2, -0.15) is 0 Å². The Morgan fingerprint density at radius 2 is 1.62 bits per heavy atom. The van der Waals surface area contributed by atoms with E-state index in [9.17, 15) is 0 Å². The van der Waals surface area contributed by atoms with Crippen LogP contribution in [0, 0.1) is 0 Å². The van der Waals surface area contributed by atoms with Gasteiger partial charge in [0.25, 0.3) is 0 Å². The summed E-state index contributed by atoms with van der Waals surface area (Å²) in [6.45, 7) is 2.36. The van der Waals surface area contributed by atoms with Crippen LogP contribution >= 0.6 is 0 Å². The van der Waals surface area contributed by atoms with Gasteiger partial charge in [0.2, 0.25) is 0 Å². The molecule has 0 radical (unpaired) electrons. The van der Waals surface area contributed by atoms with E-state index in [-0.39, 0.29) is 1.43 Å². The first-order chi connectivity index (χ1) is 6.21. The number of hydrogen-bond acceptors (Lipinski definition) is 0. The molecule has 2 aliphatic rings. The quantitative estimate of drug-likeness (QED) is 0.701. The van der Waals surface area contributed by atoms with E-state index in [1.807, 2.05) is 0 Å². The second kappa shape index (κ2) is 3.54. The van der Waals surface area contributed by atoms with E-state index in [0.29, 0.717) is 3.12 Å². The van der Waals surface area contributed by atoms with E-state index in [4.69, 9.17) is 0 Å². The topological polar surface area (TPSA) is 0 Å². The Hall–Kier alpha value is -0.157. The molecule has 0 bridgehead atoms. The summed E-state index contributed by atoms with van der Waals surface area (Å²) in [4.78, 5) is 0. The molecular weight excluding hydrogens is 235 g/mol. The zero-order chi connectivity index (χ0) is 9.31. The molecule has 0 nitrogen and oxygen atoms in total. The summed E-state index contributed by atoms with van der Waals surface area (Å²) in [7, 11) is 0. The molecule has 0 saturated heterocycles. The Kier molecular flexibility index (Phi) is 2.56. The minimum Gasteiger partial charge on any atom is -1.00 e. The first-order valence-corrected chi connectivity index (χ1v) is 5.91. The SMILES string of the molecule is C[C]([Zr])(C1=CC=CC1)C1=CC=CC1.[H-]. The fourth-order valence-electron chi connectivity index (χ4n) is 1.84. The molecule has 0 amide bonds. The average Bonchev–Trinajstić information content (AvgIpc) is 2.78. The molecule has 0 N–H and O–H groups in total. The van der Waals surface area contributed by atoms with Crippen LogP contribution in [-0.2, 0) is 24.7 Å². The van der Waals surface area contributed by atoms with Crippen molar-refractivity contribution in [3.05, 3.63) is 47.6 Å². The Labute approximate surface area is 96.4 Å². The predicted molar refractivity (Wildman–Crippen MR) is 53.2 cm³/mol. The average molecular weight is 249 g/mol. The Morgan fingerprint density at radius 1 is 1.15 bits per heavy atom. The molecule has 0 atom stereocenters. The first-order valence-electron chi connectivity index (χ1n) is 4.68. The van der Waals surface area contributed by atoms with Crippen LogP contribution in [0.5, 0.6) is 0 Å². The number of allylic oxidation sites excluding steroid dienone is 8. The molecule has 1 heteroatoms. The van der Waals surface area contributed by atoms with E-state index in [1.165, 1.54) is 0 Å². The van der Waals surface area contributed by atoms with Gasteiger partial charge < -0.3 is 1.43 Å². The van der Waals surface area contributed by atoms with Crippen LogP contribution in [0.25, 0.3) is 0 Å². The standard InChI is InChI=1S/C12H13.Zr.H/c1-10(11-6-2-3-7-11)12-8-4-5-9-12;;/h2-6,8H,7,9H2,1H3;;/q;;-1. The zero-order valence-electron chi connectivity index (χ0n) is 8.88. The van der Waals surface area contributed by atoms with Crippen molar-refractivity contribution in [1.82, 2.24) is 0 Å². The third kappa shape index (κ3) is 1.72. The van der Waals surface area contributed by atoms with Crippen molar-refractivity contribution in [2.75, 3.05) is 0 Å². The largest absolute Gasteiger partial charge is 1.00 e. The molecule has 2 aliphatic carbocycles. The molecule has 0 fully saturated rings. The molecular formula is C12H14Zr-. The molecule has 2 rings (SSSR count). The first kappa shape index (κ1) is 9.40. The van der Waals surface area contributed by atoms with E-state index in [2.05, 4.69) is 43.4 Å². The normalized spacial score (nSPS) is 20.6. The van der Waals surface area contributed by atoms with Gasteiger partial charge in [-0.1, -0.05) is 0 Å². The molecule has 0 aromatic heterocycles. The summed E-state index contributed by atoms with van der Waals surface area (Å²) >= 11 is 1.61. The summed E-state index contributed by atoms with van der Waals surface area (Å²) < 4.78 is 0.347. The Morgan fingerprint density at radius 3 is 1.92 bits per heavy atom. The van der Waals surface area contributed by atoms with Crippen LogP contribution in [0.3, 0.4) is 0 Å². The summed E-state index contributed by atoms with van der Waals surface area (Å²) in [6, 6.07) is 0. The van der Waals surface area contributed by atoms with E-state index in [0.717, 1.165) is 12.8 Å². The van der Waals surface area contributed by atoms with Gasteiger partial charge in [-0.05, 0) is 0 Å². The molecule has 0 spiro atoms. The zero-order valence-corrected chi connectivity index (χ0v) is 10.3. The summed E-state index contributed by atoms with van der Waals surface area (Å²) in [5, 5.41) is 0. The van der Waals surface area contributed by atoms with Crippen LogP contribution in [0.1, 0.15) is 21.2 Å². The minimum absolute atomic E-state index is 0. The second-order valence-electron chi connectivity index (χ2n) is 3.77. The van der Waals surface area contributed by atoms with Gasteiger partial charge >= 0.3 is 95.2 Å². The summed E-state index contributed by atoms with van der Waals surface area (Å²) in [5.74, 6) is 0. The van der Waals surface area contributed by atoms with Crippen LogP contribution in [0.4, 0.5) is 0 Å². The molecule has 67 valence electrons. The molecule has 0 unspecified atom stereocenters. The van der Waals surface area contributed by atoms with E-state index in [1.54, 1.807) is 35.9 Å². The van der Waals surface area contributed by atoms with Crippen molar-refractivity contribution in [1.29, 1.82) is 0 Å². The van der Waals surface area contributed by atoms with Gasteiger partial charge in [0.05, 0.1) is 0 Å². The Balaban J connectivity index is 0.000000980. The van der Waals surface area contributed by atoms with Gasteiger partial charge in [0.15, 0.2) is 0 Å². The van der Waals surface area contributed by atoms with E-state index < -0.39 is 0 Å². The maximum Gasteiger partial charge on any atom is -1.00 e. The molecule has 0 heterocycles. The van der Waals surface area contributed by atoms with Gasteiger partial charge in [0, 0.05) is 0 Å². The predicted octanol–water partition coefficient (Wildman–Crippen LogP) is 3.60. The van der Waals surface area contributed by atoms with Crippen molar-refractivity contribution >= 4 is 0 Å². The third-order valence-corrected chi connectivity index (χ3v) is 4.41. The van der Waals surface area contributed by atoms with Gasteiger partial charge in [-0.3, -0.25) is 0 Å². The Bertz CT molecular complexity index is 300. The monoisotopic (exact) mass is 248 g/mol. The number of rotatable bonds is 2. The van der Waals surface area contributed by atoms with Crippen LogP contribution in [0.2, 0.25) is 3.12 Å². The molecule has 0 aromatic carbocycles. The summed E-state index contributed by atoms with van der Waals surface area (Å²) in [5.41, 5.74) is 3.17. The van der Waals surface area contributed by atoms with Gasteiger partial charge in [-0.25, -0.2) is 0 Å². The van der Waals surface area contributed by atoms with Gasteiger partial charge in [-0.15, -0.1) is 0 Å². The van der Waals surface area contributed by atoms with Crippen molar-refractivity contribution in [2.24, 2.45) is 0 Å². The maximum atomic E-state index is 2.36. The van der Waals surface area contributed by atoms with Crippen molar-refractivity contribution in [3.63, 3.8) is 0 Å². The minimum atomic E-state index is 0. The smallest absolute Gasteiger partial charge is 1.00 e. The fourth-order valence-corrected chi connectivity index (χ4v) is 2.75. The van der Waals surface area contributed by atoms with Crippen molar-refractivity contribution < 1.29 is 26.1 Å². The third-order valence-electron chi connectivity index (χ3n) is 2.83. The molecule has 0 aliphatic heterocycles. The van der Waals surface area contributed by atoms with E-state index >= 15 is 0 Å². The van der Waals surface area contributed by atoms with Gasteiger partial charge in [0.1, 0.15) is 0 Å². The van der Waals surface area contributed by atoms with Crippen LogP contribution in [0.15, 0.2) is 47.6 Å². The van der Waals surface area contributed by atoms with Crippen molar-refractivity contribution in [2.45, 2.75) is 22.9 Å². The molecule has 0 saturated carbocycles. The summed E-state index contributed by atoms with van der Waals surface area (Å²) in [6.07, 6.45) is 15.7. The molecule has 0 aromatic rings. The van der Waals surface area contributed by atoms with Crippen molar-refractivity contribution in [3.8, 4) is 0 Å². The second-order valence-corrected chi connectivity index (χ2v) is 6.23.